The first-order valence-electron chi connectivity index (χ1n) is 10.7. The smallest absolute Gasteiger partial charge is 0.235 e. The summed E-state index contributed by atoms with van der Waals surface area (Å²) in [5.74, 6) is 5.48. The highest BCUT2D eigenvalue weighted by atomic mass is 32.1. The molecule has 4 fully saturated rings. The van der Waals surface area contributed by atoms with Crippen LogP contribution in [-0.2, 0) is 5.41 Å². The SMILES string of the molecule is COc1cc(-c2nn3c(C45CC6CC(CC(C6)C4)C5)nnc3s2)cc(OC)c1OC. The van der Waals surface area contributed by atoms with Gasteiger partial charge >= 0.3 is 0 Å². The summed E-state index contributed by atoms with van der Waals surface area (Å²) >= 11 is 1.55. The van der Waals surface area contributed by atoms with Gasteiger partial charge in [0.2, 0.25) is 10.7 Å². The van der Waals surface area contributed by atoms with E-state index in [-0.39, 0.29) is 5.41 Å². The van der Waals surface area contributed by atoms with Crippen LogP contribution in [0.25, 0.3) is 15.5 Å². The minimum absolute atomic E-state index is 0.162. The summed E-state index contributed by atoms with van der Waals surface area (Å²) in [7, 11) is 4.87. The zero-order valence-corrected chi connectivity index (χ0v) is 18.4. The van der Waals surface area contributed by atoms with Gasteiger partial charge in [-0.15, -0.1) is 10.2 Å². The number of nitrogens with zero attached hydrogens (tertiary/aromatic N) is 4. The average Bonchev–Trinajstić information content (AvgIpc) is 3.32. The van der Waals surface area contributed by atoms with Gasteiger partial charge in [0.05, 0.1) is 21.3 Å². The molecule has 0 unspecified atom stereocenters. The van der Waals surface area contributed by atoms with Gasteiger partial charge in [0.25, 0.3) is 0 Å². The highest BCUT2D eigenvalue weighted by molar-refractivity contribution is 7.19. The van der Waals surface area contributed by atoms with Crippen LogP contribution < -0.4 is 14.2 Å². The van der Waals surface area contributed by atoms with Gasteiger partial charge in [0, 0.05) is 11.0 Å². The van der Waals surface area contributed by atoms with E-state index < -0.39 is 0 Å². The number of methoxy groups -OCH3 is 3. The molecule has 1 aromatic carbocycles. The Bertz CT molecular complexity index is 1060. The van der Waals surface area contributed by atoms with Gasteiger partial charge in [-0.25, -0.2) is 0 Å². The predicted octanol–water partition coefficient (Wildman–Crippen LogP) is 4.35. The molecule has 3 aromatic rings. The molecule has 4 bridgehead atoms. The number of benzene rings is 1. The normalized spacial score (nSPS) is 29.5. The van der Waals surface area contributed by atoms with Gasteiger partial charge < -0.3 is 14.2 Å². The molecule has 4 aliphatic rings. The summed E-state index contributed by atoms with van der Waals surface area (Å²) in [5.41, 5.74) is 1.09. The minimum Gasteiger partial charge on any atom is -0.493 e. The number of hydrogen-bond acceptors (Lipinski definition) is 7. The number of ether oxygens (including phenoxy) is 3. The lowest BCUT2D eigenvalue weighted by Crippen LogP contribution is -2.49. The Hall–Kier alpha value is -2.35. The fraction of sp³-hybridized carbons (Fsp3) is 0.591. The topological polar surface area (TPSA) is 70.8 Å². The van der Waals surface area contributed by atoms with E-state index in [2.05, 4.69) is 10.2 Å². The first-order valence-corrected chi connectivity index (χ1v) is 11.5. The second-order valence-corrected chi connectivity index (χ2v) is 10.2. The highest BCUT2D eigenvalue weighted by Crippen LogP contribution is 2.60. The predicted molar refractivity (Wildman–Crippen MR) is 114 cm³/mol. The summed E-state index contributed by atoms with van der Waals surface area (Å²) in [6, 6.07) is 3.88. The lowest BCUT2D eigenvalue weighted by molar-refractivity contribution is -0.0103. The molecule has 30 heavy (non-hydrogen) atoms. The van der Waals surface area contributed by atoms with Crippen LogP contribution in [0, 0.1) is 17.8 Å². The molecule has 2 aromatic heterocycles. The van der Waals surface area contributed by atoms with E-state index in [4.69, 9.17) is 19.3 Å². The number of rotatable bonds is 5. The first kappa shape index (κ1) is 18.4. The molecular formula is C22H26N4O3S. The van der Waals surface area contributed by atoms with E-state index >= 15 is 0 Å². The van der Waals surface area contributed by atoms with Crippen molar-refractivity contribution in [2.45, 2.75) is 43.9 Å². The number of aromatic nitrogens is 4. The molecule has 0 aliphatic heterocycles. The Morgan fingerprint density at radius 2 is 1.50 bits per heavy atom. The molecule has 0 amide bonds. The van der Waals surface area contributed by atoms with Crippen LogP contribution >= 0.6 is 11.3 Å². The Morgan fingerprint density at radius 3 is 2.03 bits per heavy atom. The number of hydrogen-bond donors (Lipinski definition) is 0. The third-order valence-corrected chi connectivity index (χ3v) is 8.36. The van der Waals surface area contributed by atoms with Crippen molar-refractivity contribution in [3.63, 3.8) is 0 Å². The van der Waals surface area contributed by atoms with Crippen molar-refractivity contribution in [2.75, 3.05) is 21.3 Å². The van der Waals surface area contributed by atoms with E-state index in [1.807, 2.05) is 16.6 Å². The van der Waals surface area contributed by atoms with Crippen LogP contribution in [0.4, 0.5) is 0 Å². The van der Waals surface area contributed by atoms with Gasteiger partial charge in [0.15, 0.2) is 17.3 Å². The molecule has 0 saturated heterocycles. The molecule has 0 N–H and O–H groups in total. The summed E-state index contributed by atoms with van der Waals surface area (Å²) < 4.78 is 18.5. The fourth-order valence-corrected chi connectivity index (χ4v) is 7.48. The maximum Gasteiger partial charge on any atom is 0.235 e. The molecular weight excluding hydrogens is 400 g/mol. The summed E-state index contributed by atoms with van der Waals surface area (Å²) in [4.78, 5) is 0.851. The van der Waals surface area contributed by atoms with Crippen LogP contribution in [0.5, 0.6) is 17.2 Å². The maximum absolute atomic E-state index is 5.52. The Kier molecular flexibility index (Phi) is 4.04. The molecule has 7 nitrogen and oxygen atoms in total. The first-order chi connectivity index (χ1) is 14.6. The second kappa shape index (κ2) is 6.57. The van der Waals surface area contributed by atoms with Gasteiger partial charge in [-0.1, -0.05) is 11.3 Å². The van der Waals surface area contributed by atoms with Crippen LogP contribution in [0.15, 0.2) is 12.1 Å². The third kappa shape index (κ3) is 2.58. The average molecular weight is 427 g/mol. The molecule has 0 radical (unpaired) electrons. The Labute approximate surface area is 179 Å². The molecule has 2 heterocycles. The van der Waals surface area contributed by atoms with E-state index in [1.165, 1.54) is 38.5 Å². The van der Waals surface area contributed by atoms with Crippen molar-refractivity contribution in [2.24, 2.45) is 17.8 Å². The Balaban J connectivity index is 1.44. The van der Waals surface area contributed by atoms with E-state index in [1.54, 1.807) is 32.7 Å². The molecule has 4 aliphatic carbocycles. The molecule has 8 heteroatoms. The van der Waals surface area contributed by atoms with E-state index in [0.29, 0.717) is 17.2 Å². The minimum atomic E-state index is 0.162. The monoisotopic (exact) mass is 426 g/mol. The largest absolute Gasteiger partial charge is 0.493 e. The van der Waals surface area contributed by atoms with Crippen LogP contribution in [0.3, 0.4) is 0 Å². The molecule has 0 spiro atoms. The lowest BCUT2D eigenvalue weighted by atomic mass is 9.49. The maximum atomic E-state index is 5.52. The van der Waals surface area contributed by atoms with Crippen LogP contribution in [0.1, 0.15) is 44.3 Å². The molecule has 0 atom stereocenters. The van der Waals surface area contributed by atoms with Gasteiger partial charge in [-0.05, 0) is 68.4 Å². The molecule has 7 rings (SSSR count). The zero-order valence-electron chi connectivity index (χ0n) is 17.6. The van der Waals surface area contributed by atoms with Crippen LogP contribution in [0.2, 0.25) is 0 Å². The van der Waals surface area contributed by atoms with Crippen molar-refractivity contribution >= 4 is 16.3 Å². The standard InChI is InChI=1S/C22H26N4O3S/c1-27-16-7-15(8-17(28-2)18(16)29-3)19-25-26-20(23-24-21(26)30-19)22-9-12-4-13(10-22)6-14(5-12)11-22/h7-8,12-14H,4-6,9-11H2,1-3H3. The summed E-state index contributed by atoms with van der Waals surface area (Å²) in [6.45, 7) is 0. The lowest BCUT2D eigenvalue weighted by Gasteiger charge is -2.55. The third-order valence-electron chi connectivity index (χ3n) is 7.42. The van der Waals surface area contributed by atoms with E-state index in [9.17, 15) is 0 Å². The number of fused-ring (bicyclic) bond motifs is 1. The summed E-state index contributed by atoms with van der Waals surface area (Å²) in [5, 5.41) is 15.0. The molecule has 4 saturated carbocycles. The van der Waals surface area contributed by atoms with Gasteiger partial charge in [-0.2, -0.15) is 9.61 Å². The Morgan fingerprint density at radius 1 is 0.900 bits per heavy atom. The second-order valence-electron chi connectivity index (χ2n) is 9.24. The zero-order chi connectivity index (χ0) is 20.5. The van der Waals surface area contributed by atoms with Crippen molar-refractivity contribution < 1.29 is 14.2 Å². The van der Waals surface area contributed by atoms with Gasteiger partial charge in [-0.3, -0.25) is 0 Å². The molecule has 158 valence electrons. The van der Waals surface area contributed by atoms with Crippen LogP contribution in [-0.4, -0.2) is 41.1 Å². The van der Waals surface area contributed by atoms with Crippen molar-refractivity contribution in [1.82, 2.24) is 19.8 Å². The van der Waals surface area contributed by atoms with Gasteiger partial charge in [0.1, 0.15) is 5.01 Å². The highest BCUT2D eigenvalue weighted by Gasteiger charge is 2.54. The van der Waals surface area contributed by atoms with E-state index in [0.717, 1.165) is 39.1 Å². The van der Waals surface area contributed by atoms with Crippen molar-refractivity contribution in [3.8, 4) is 27.8 Å². The van der Waals surface area contributed by atoms with Crippen molar-refractivity contribution in [3.05, 3.63) is 18.0 Å². The quantitative estimate of drug-likeness (QED) is 0.604. The fourth-order valence-electron chi connectivity index (χ4n) is 6.65. The summed E-state index contributed by atoms with van der Waals surface area (Å²) in [6.07, 6.45) is 7.98. The van der Waals surface area contributed by atoms with Crippen molar-refractivity contribution in [1.29, 1.82) is 0 Å².